The van der Waals surface area contributed by atoms with Gasteiger partial charge in [0.25, 0.3) is 0 Å². The zero-order valence-electron chi connectivity index (χ0n) is 13.5. The van der Waals surface area contributed by atoms with Crippen LogP contribution in [0.4, 0.5) is 74.6 Å². The molecule has 0 saturated carbocycles. The molecule has 0 aliphatic heterocycles. The van der Waals surface area contributed by atoms with Gasteiger partial charge < -0.3 is 4.55 Å². The quantitative estimate of drug-likeness (QED) is 0.316. The summed E-state index contributed by atoms with van der Waals surface area (Å²) in [6.45, 7) is 0. The van der Waals surface area contributed by atoms with Crippen LogP contribution in [0.15, 0.2) is 0 Å². The van der Waals surface area contributed by atoms with E-state index >= 15 is 0 Å². The first-order valence-electron chi connectivity index (χ1n) is 6.60. The maximum absolute atomic E-state index is 13.3. The summed E-state index contributed by atoms with van der Waals surface area (Å²) in [6, 6.07) is 0. The molecule has 0 saturated heterocycles. The summed E-state index contributed by atoms with van der Waals surface area (Å²) < 4.78 is 248. The smallest absolute Gasteiger partial charge is 0.460 e. The minimum absolute atomic E-state index is 2.73. The lowest BCUT2D eigenvalue weighted by Crippen LogP contribution is -2.74. The van der Waals surface area contributed by atoms with E-state index in [1.165, 1.54) is 0 Å². The fourth-order valence-corrected chi connectivity index (χ4v) is 2.11. The topological polar surface area (TPSA) is 57.2 Å². The highest BCUT2D eigenvalue weighted by Crippen LogP contribution is 2.64. The highest BCUT2D eigenvalue weighted by molar-refractivity contribution is 7.85. The SMILES string of the molecule is O=S(=O)([O-])CCC(F)(F)C(F)(F)C(F)(F)C(F)(F)C(F)(F)C(F)(F)C(F)(F)C(F)(F)F. The Kier molecular flexibility index (Phi) is 7.07. The molecule has 0 aromatic rings. The van der Waals surface area contributed by atoms with Gasteiger partial charge in [-0.1, -0.05) is 0 Å². The second-order valence-electron chi connectivity index (χ2n) is 5.66. The Morgan fingerprint density at radius 1 is 0.484 bits per heavy atom. The standard InChI is InChI=1S/C10H5F17O3S/c11-3(12,1-2-31(28,29)30)4(13,14)5(15,16)6(17,18)7(19,20)8(21,22)9(23,24)10(25,26)27/h1-2H2,(H,28,29,30)/p-1. The number of halogens is 17. The predicted octanol–water partition coefficient (Wildman–Crippen LogP) is 4.93. The van der Waals surface area contributed by atoms with E-state index in [0.29, 0.717) is 0 Å². The summed E-state index contributed by atoms with van der Waals surface area (Å²) in [4.78, 5) is 0. The lowest BCUT2D eigenvalue weighted by Gasteiger charge is -2.42. The van der Waals surface area contributed by atoms with E-state index in [9.17, 15) is 87.6 Å². The van der Waals surface area contributed by atoms with Gasteiger partial charge in [-0.25, -0.2) is 8.42 Å². The van der Waals surface area contributed by atoms with Crippen molar-refractivity contribution in [2.24, 2.45) is 0 Å². The van der Waals surface area contributed by atoms with Gasteiger partial charge in [-0.3, -0.25) is 0 Å². The van der Waals surface area contributed by atoms with Crippen molar-refractivity contribution < 1.29 is 87.6 Å². The van der Waals surface area contributed by atoms with Gasteiger partial charge in [-0.15, -0.1) is 0 Å². The van der Waals surface area contributed by atoms with Gasteiger partial charge in [-0.2, -0.15) is 74.6 Å². The molecular weight excluding hydrogens is 523 g/mol. The molecule has 0 radical (unpaired) electrons. The molecule has 0 atom stereocenters. The summed E-state index contributed by atoms with van der Waals surface area (Å²) in [5, 5.41) is 0. The Bertz CT molecular complexity index is 766. The Morgan fingerprint density at radius 2 is 0.742 bits per heavy atom. The van der Waals surface area contributed by atoms with Crippen LogP contribution in [0.3, 0.4) is 0 Å². The molecule has 188 valence electrons. The van der Waals surface area contributed by atoms with E-state index in [1.807, 2.05) is 0 Å². The van der Waals surface area contributed by atoms with Crippen LogP contribution in [-0.4, -0.2) is 66.4 Å². The molecule has 0 bridgehead atoms. The van der Waals surface area contributed by atoms with Crippen LogP contribution in [0.2, 0.25) is 0 Å². The maximum Gasteiger partial charge on any atom is 0.460 e. The first kappa shape index (κ1) is 29.7. The first-order valence-corrected chi connectivity index (χ1v) is 8.18. The Balaban J connectivity index is 6.62. The molecule has 0 unspecified atom stereocenters. The Hall–Kier alpha value is -1.28. The summed E-state index contributed by atoms with van der Waals surface area (Å²) >= 11 is 0. The van der Waals surface area contributed by atoms with Crippen LogP contribution in [0, 0.1) is 0 Å². The zero-order valence-corrected chi connectivity index (χ0v) is 14.3. The third-order valence-electron chi connectivity index (χ3n) is 3.45. The van der Waals surface area contributed by atoms with Crippen LogP contribution < -0.4 is 0 Å². The molecule has 0 amide bonds. The minimum atomic E-state index is -8.76. The molecule has 0 aliphatic rings. The predicted molar refractivity (Wildman–Crippen MR) is 59.9 cm³/mol. The fourth-order valence-electron chi connectivity index (χ4n) is 1.61. The third kappa shape index (κ3) is 4.34. The largest absolute Gasteiger partial charge is 0.748 e. The van der Waals surface area contributed by atoms with Gasteiger partial charge >= 0.3 is 47.6 Å². The maximum atomic E-state index is 13.3. The van der Waals surface area contributed by atoms with E-state index < -0.39 is 69.9 Å². The Morgan fingerprint density at radius 3 is 1.00 bits per heavy atom. The molecule has 31 heavy (non-hydrogen) atoms. The molecule has 0 heterocycles. The van der Waals surface area contributed by atoms with Crippen LogP contribution in [-0.2, 0) is 10.1 Å². The van der Waals surface area contributed by atoms with Crippen molar-refractivity contribution in [1.29, 1.82) is 0 Å². The molecule has 0 rings (SSSR count). The van der Waals surface area contributed by atoms with Gasteiger partial charge in [0.2, 0.25) is 0 Å². The molecule has 0 aliphatic carbocycles. The second-order valence-corrected chi connectivity index (χ2v) is 7.18. The average Bonchev–Trinajstić information content (AvgIpc) is 2.50. The molecular formula is C10H4F17O3S-. The number of rotatable bonds is 9. The van der Waals surface area contributed by atoms with Gasteiger partial charge in [0.1, 0.15) is 0 Å². The van der Waals surface area contributed by atoms with E-state index in [4.69, 9.17) is 0 Å². The number of alkyl halides is 17. The van der Waals surface area contributed by atoms with Crippen LogP contribution >= 0.6 is 0 Å². The minimum Gasteiger partial charge on any atom is -0.748 e. The molecule has 0 N–H and O–H groups in total. The molecule has 0 aromatic heterocycles. The van der Waals surface area contributed by atoms with Crippen molar-refractivity contribution in [1.82, 2.24) is 0 Å². The monoisotopic (exact) mass is 527 g/mol. The van der Waals surface area contributed by atoms with Crippen molar-refractivity contribution in [3.8, 4) is 0 Å². The van der Waals surface area contributed by atoms with E-state index in [1.54, 1.807) is 0 Å². The zero-order chi connectivity index (χ0) is 25.9. The summed E-state index contributed by atoms with van der Waals surface area (Å²) in [7, 11) is -5.97. The fraction of sp³-hybridized carbons (Fsp3) is 1.00. The summed E-state index contributed by atoms with van der Waals surface area (Å²) in [5.41, 5.74) is 0. The van der Waals surface area contributed by atoms with E-state index in [2.05, 4.69) is 0 Å². The molecule has 0 aromatic carbocycles. The molecule has 3 nitrogen and oxygen atoms in total. The Labute approximate surface area is 158 Å². The van der Waals surface area contributed by atoms with E-state index in [-0.39, 0.29) is 0 Å². The molecule has 0 spiro atoms. The molecule has 0 fully saturated rings. The van der Waals surface area contributed by atoms with Crippen LogP contribution in [0.25, 0.3) is 0 Å². The van der Waals surface area contributed by atoms with Gasteiger partial charge in [0.15, 0.2) is 0 Å². The third-order valence-corrected chi connectivity index (χ3v) is 4.16. The lowest BCUT2D eigenvalue weighted by molar-refractivity contribution is -0.461. The van der Waals surface area contributed by atoms with Crippen LogP contribution in [0.5, 0.6) is 0 Å². The van der Waals surface area contributed by atoms with E-state index in [0.717, 1.165) is 0 Å². The van der Waals surface area contributed by atoms with Crippen molar-refractivity contribution in [3.63, 3.8) is 0 Å². The highest BCUT2D eigenvalue weighted by Gasteiger charge is 2.95. The number of hydrogen-bond acceptors (Lipinski definition) is 3. The summed E-state index contributed by atoms with van der Waals surface area (Å²) in [5.74, 6) is -60.5. The van der Waals surface area contributed by atoms with Gasteiger partial charge in [-0.05, 0) is 0 Å². The van der Waals surface area contributed by atoms with Crippen molar-refractivity contribution in [2.45, 2.75) is 54.1 Å². The summed E-state index contributed by atoms with van der Waals surface area (Å²) in [6.07, 6.45) is -11.1. The van der Waals surface area contributed by atoms with Crippen molar-refractivity contribution in [3.05, 3.63) is 0 Å². The van der Waals surface area contributed by atoms with Crippen molar-refractivity contribution >= 4 is 10.1 Å². The second kappa shape index (κ2) is 7.37. The molecule has 21 heteroatoms. The normalized spacial score (nSPS) is 16.6. The number of hydrogen-bond donors (Lipinski definition) is 0. The average molecular weight is 527 g/mol. The van der Waals surface area contributed by atoms with Gasteiger partial charge in [0, 0.05) is 12.2 Å². The van der Waals surface area contributed by atoms with Gasteiger partial charge in [0.05, 0.1) is 10.1 Å². The highest BCUT2D eigenvalue weighted by atomic mass is 32.2. The lowest BCUT2D eigenvalue weighted by atomic mass is 9.88. The van der Waals surface area contributed by atoms with Crippen molar-refractivity contribution in [2.75, 3.05) is 5.75 Å². The van der Waals surface area contributed by atoms with Crippen LogP contribution in [0.1, 0.15) is 6.42 Å². The first-order chi connectivity index (χ1) is 13.0.